The summed E-state index contributed by atoms with van der Waals surface area (Å²) < 4.78 is 51.8. The van der Waals surface area contributed by atoms with E-state index in [4.69, 9.17) is 0 Å². The Kier molecular flexibility index (Phi) is 5.85. The SMILES string of the molecule is CC(=O)NC1CCC(N[C@@H](C)c2ccc(F)c(C(F)(F)F)c2)CC1. The third-order valence-corrected chi connectivity index (χ3v) is 4.42. The summed E-state index contributed by atoms with van der Waals surface area (Å²) >= 11 is 0. The number of halogens is 4. The van der Waals surface area contributed by atoms with Crippen LogP contribution in [0, 0.1) is 5.82 Å². The molecular formula is C17H22F4N2O. The van der Waals surface area contributed by atoms with Crippen molar-refractivity contribution in [2.45, 2.75) is 63.8 Å². The smallest absolute Gasteiger partial charge is 0.354 e. The summed E-state index contributed by atoms with van der Waals surface area (Å²) in [5.41, 5.74) is -0.823. The van der Waals surface area contributed by atoms with E-state index < -0.39 is 17.6 Å². The lowest BCUT2D eigenvalue weighted by atomic mass is 9.90. The maximum atomic E-state index is 13.4. The monoisotopic (exact) mass is 346 g/mol. The van der Waals surface area contributed by atoms with Gasteiger partial charge in [0.15, 0.2) is 0 Å². The molecule has 1 atom stereocenters. The van der Waals surface area contributed by atoms with Crippen LogP contribution in [-0.2, 0) is 11.0 Å². The van der Waals surface area contributed by atoms with Gasteiger partial charge in [-0.05, 0) is 50.3 Å². The molecule has 0 unspecified atom stereocenters. The summed E-state index contributed by atoms with van der Waals surface area (Å²) in [5, 5.41) is 6.19. The fourth-order valence-electron chi connectivity index (χ4n) is 3.17. The molecule has 0 radical (unpaired) electrons. The van der Waals surface area contributed by atoms with Gasteiger partial charge in [0.05, 0.1) is 5.56 Å². The third-order valence-electron chi connectivity index (χ3n) is 4.42. The maximum Gasteiger partial charge on any atom is 0.419 e. The molecule has 0 saturated heterocycles. The largest absolute Gasteiger partial charge is 0.419 e. The number of amides is 1. The Morgan fingerprint density at radius 2 is 1.75 bits per heavy atom. The quantitative estimate of drug-likeness (QED) is 0.811. The van der Waals surface area contributed by atoms with Crippen molar-refractivity contribution < 1.29 is 22.4 Å². The molecule has 0 spiro atoms. The molecule has 1 aromatic carbocycles. The van der Waals surface area contributed by atoms with E-state index in [0.717, 1.165) is 37.8 Å². The first kappa shape index (κ1) is 18.7. The molecule has 7 heteroatoms. The predicted molar refractivity (Wildman–Crippen MR) is 82.8 cm³/mol. The minimum Gasteiger partial charge on any atom is -0.354 e. The lowest BCUT2D eigenvalue weighted by Crippen LogP contribution is -2.42. The van der Waals surface area contributed by atoms with Crippen LogP contribution in [0.3, 0.4) is 0 Å². The number of alkyl halides is 3. The van der Waals surface area contributed by atoms with Crippen molar-refractivity contribution in [3.05, 3.63) is 35.1 Å². The van der Waals surface area contributed by atoms with Gasteiger partial charge in [-0.25, -0.2) is 4.39 Å². The Morgan fingerprint density at radius 1 is 1.17 bits per heavy atom. The number of hydrogen-bond acceptors (Lipinski definition) is 2. The van der Waals surface area contributed by atoms with E-state index in [1.807, 2.05) is 0 Å². The highest BCUT2D eigenvalue weighted by Gasteiger charge is 2.34. The van der Waals surface area contributed by atoms with Crippen LogP contribution < -0.4 is 10.6 Å². The Labute approximate surface area is 138 Å². The Balaban J connectivity index is 1.96. The highest BCUT2D eigenvalue weighted by Crippen LogP contribution is 2.33. The van der Waals surface area contributed by atoms with E-state index in [2.05, 4.69) is 10.6 Å². The lowest BCUT2D eigenvalue weighted by molar-refractivity contribution is -0.140. The van der Waals surface area contributed by atoms with Crippen LogP contribution in [0.15, 0.2) is 18.2 Å². The number of rotatable bonds is 4. The summed E-state index contributed by atoms with van der Waals surface area (Å²) in [5.74, 6) is -1.31. The standard InChI is InChI=1S/C17H22F4N2O/c1-10(12-3-8-16(18)15(9-12)17(19,20)21)22-13-4-6-14(7-5-13)23-11(2)24/h3,8-10,13-14,22H,4-7H2,1-2H3,(H,23,24)/t10-,13?,14?/m0/s1. The van der Waals surface area contributed by atoms with Crippen LogP contribution in [-0.4, -0.2) is 18.0 Å². The van der Waals surface area contributed by atoms with E-state index in [-0.39, 0.29) is 24.0 Å². The van der Waals surface area contributed by atoms with Crippen molar-refractivity contribution in [2.24, 2.45) is 0 Å². The minimum atomic E-state index is -4.70. The van der Waals surface area contributed by atoms with Crippen LogP contribution in [0.1, 0.15) is 56.7 Å². The molecule has 1 aliphatic carbocycles. The second kappa shape index (κ2) is 7.51. The van der Waals surface area contributed by atoms with Crippen molar-refractivity contribution in [3.8, 4) is 0 Å². The van der Waals surface area contributed by atoms with Crippen molar-refractivity contribution >= 4 is 5.91 Å². The molecule has 0 bridgehead atoms. The van der Waals surface area contributed by atoms with Gasteiger partial charge in [-0.15, -0.1) is 0 Å². The van der Waals surface area contributed by atoms with Gasteiger partial charge in [0.2, 0.25) is 5.91 Å². The average molecular weight is 346 g/mol. The molecule has 3 nitrogen and oxygen atoms in total. The fourth-order valence-corrected chi connectivity index (χ4v) is 3.17. The topological polar surface area (TPSA) is 41.1 Å². The van der Waals surface area contributed by atoms with E-state index in [1.165, 1.54) is 13.0 Å². The first-order valence-electron chi connectivity index (χ1n) is 8.06. The summed E-state index contributed by atoms with van der Waals surface area (Å²) in [4.78, 5) is 11.0. The zero-order valence-electron chi connectivity index (χ0n) is 13.7. The average Bonchev–Trinajstić information content (AvgIpc) is 2.48. The molecule has 1 saturated carbocycles. The molecule has 0 aromatic heterocycles. The van der Waals surface area contributed by atoms with Gasteiger partial charge in [-0.3, -0.25) is 4.79 Å². The zero-order valence-corrected chi connectivity index (χ0v) is 13.7. The molecule has 1 aliphatic rings. The van der Waals surface area contributed by atoms with Gasteiger partial charge in [-0.2, -0.15) is 13.2 Å². The van der Waals surface area contributed by atoms with Gasteiger partial charge in [0.25, 0.3) is 0 Å². The first-order chi connectivity index (χ1) is 11.2. The van der Waals surface area contributed by atoms with Crippen LogP contribution in [0.2, 0.25) is 0 Å². The summed E-state index contributed by atoms with van der Waals surface area (Å²) in [6.45, 7) is 3.26. The Bertz CT molecular complexity index is 580. The second-order valence-electron chi connectivity index (χ2n) is 6.37. The van der Waals surface area contributed by atoms with E-state index >= 15 is 0 Å². The Morgan fingerprint density at radius 3 is 2.29 bits per heavy atom. The Hall–Kier alpha value is -1.63. The van der Waals surface area contributed by atoms with Crippen molar-refractivity contribution in [2.75, 3.05) is 0 Å². The molecule has 0 aliphatic heterocycles. The first-order valence-corrected chi connectivity index (χ1v) is 8.06. The molecule has 134 valence electrons. The third kappa shape index (κ3) is 4.93. The van der Waals surface area contributed by atoms with Gasteiger partial charge >= 0.3 is 6.18 Å². The maximum absolute atomic E-state index is 13.4. The van der Waals surface area contributed by atoms with Gasteiger partial charge < -0.3 is 10.6 Å². The highest BCUT2D eigenvalue weighted by atomic mass is 19.4. The molecule has 2 rings (SSSR count). The molecular weight excluding hydrogens is 324 g/mol. The van der Waals surface area contributed by atoms with Crippen molar-refractivity contribution in [3.63, 3.8) is 0 Å². The molecule has 1 fully saturated rings. The molecule has 2 N–H and O–H groups in total. The number of carbonyl (C=O) groups is 1. The van der Waals surface area contributed by atoms with Crippen LogP contribution in [0.25, 0.3) is 0 Å². The normalized spacial score (nSPS) is 22.9. The predicted octanol–water partition coefficient (Wildman–Crippen LogP) is 3.94. The van der Waals surface area contributed by atoms with Gasteiger partial charge in [0.1, 0.15) is 5.82 Å². The zero-order chi connectivity index (χ0) is 17.9. The van der Waals surface area contributed by atoms with Crippen molar-refractivity contribution in [1.29, 1.82) is 0 Å². The van der Waals surface area contributed by atoms with Crippen LogP contribution in [0.4, 0.5) is 17.6 Å². The van der Waals surface area contributed by atoms with Gasteiger partial charge in [-0.1, -0.05) is 6.07 Å². The number of benzene rings is 1. The molecule has 1 amide bonds. The van der Waals surface area contributed by atoms with Crippen molar-refractivity contribution in [1.82, 2.24) is 10.6 Å². The molecule has 24 heavy (non-hydrogen) atoms. The van der Waals surface area contributed by atoms with E-state index in [1.54, 1.807) is 6.92 Å². The molecule has 0 heterocycles. The molecule has 1 aromatic rings. The lowest BCUT2D eigenvalue weighted by Gasteiger charge is -2.31. The summed E-state index contributed by atoms with van der Waals surface area (Å²) in [6, 6.07) is 3.14. The van der Waals surface area contributed by atoms with E-state index in [9.17, 15) is 22.4 Å². The minimum absolute atomic E-state index is 0.0502. The summed E-state index contributed by atoms with van der Waals surface area (Å²) in [7, 11) is 0. The number of nitrogens with one attached hydrogen (secondary N) is 2. The highest BCUT2D eigenvalue weighted by molar-refractivity contribution is 5.73. The van der Waals surface area contributed by atoms with E-state index in [0.29, 0.717) is 5.56 Å². The van der Waals surface area contributed by atoms with Crippen LogP contribution in [0.5, 0.6) is 0 Å². The van der Waals surface area contributed by atoms with Gasteiger partial charge in [0, 0.05) is 25.0 Å². The number of hydrogen-bond donors (Lipinski definition) is 2. The summed E-state index contributed by atoms with van der Waals surface area (Å²) in [6.07, 6.45) is -1.36. The second-order valence-corrected chi connectivity index (χ2v) is 6.37. The fraction of sp³-hybridized carbons (Fsp3) is 0.588. The van der Waals surface area contributed by atoms with Crippen LogP contribution >= 0.6 is 0 Å². The number of carbonyl (C=O) groups excluding carboxylic acids is 1.